The van der Waals surface area contributed by atoms with E-state index >= 15 is 0 Å². The third-order valence-electron chi connectivity index (χ3n) is 3.53. The van der Waals surface area contributed by atoms with Gasteiger partial charge in [0.25, 0.3) is 0 Å². The van der Waals surface area contributed by atoms with Crippen LogP contribution in [-0.4, -0.2) is 0 Å². The van der Waals surface area contributed by atoms with Crippen LogP contribution in [0.2, 0.25) is 0 Å². The van der Waals surface area contributed by atoms with E-state index in [9.17, 15) is 0 Å². The molecule has 1 aromatic carbocycles. The molecular weight excluding hydrogens is 268 g/mol. The Morgan fingerprint density at radius 2 is 2.15 bits per heavy atom. The molecule has 4 heteroatoms. The largest absolute Gasteiger partial charge is 0.459 e. The molecule has 0 saturated heterocycles. The topological polar surface area (TPSA) is 51.2 Å². The van der Waals surface area contributed by atoms with Crippen LogP contribution in [0.4, 0.5) is 0 Å². The Kier molecular flexibility index (Phi) is 3.61. The van der Waals surface area contributed by atoms with E-state index in [4.69, 9.17) is 10.3 Å². The molecule has 2 aromatic heterocycles. The maximum absolute atomic E-state index is 6.01. The average Bonchev–Trinajstić information content (AvgIpc) is 3.07. The van der Waals surface area contributed by atoms with E-state index in [-0.39, 0.29) is 6.04 Å². The van der Waals surface area contributed by atoms with Crippen LogP contribution in [0, 0.1) is 6.92 Å². The molecule has 1 unspecified atom stereocenters. The second kappa shape index (κ2) is 5.40. The molecule has 0 bridgehead atoms. The molecule has 3 aromatic rings. The fraction of sp³-hybridized carbons (Fsp3) is 0.250. The van der Waals surface area contributed by atoms with Crippen molar-refractivity contribution in [3.63, 3.8) is 0 Å². The zero-order valence-electron chi connectivity index (χ0n) is 11.6. The van der Waals surface area contributed by atoms with E-state index in [1.165, 1.54) is 9.75 Å². The molecule has 3 N–H and O–H groups in total. The number of hydrogen-bond donors (Lipinski definition) is 2. The third kappa shape index (κ3) is 2.26. The first kappa shape index (κ1) is 13.4. The molecule has 2 heterocycles. The van der Waals surface area contributed by atoms with Gasteiger partial charge in [-0.25, -0.2) is 5.43 Å². The summed E-state index contributed by atoms with van der Waals surface area (Å²) in [6, 6.07) is 12.4. The van der Waals surface area contributed by atoms with Crippen LogP contribution in [0.25, 0.3) is 11.0 Å². The van der Waals surface area contributed by atoms with Gasteiger partial charge in [0.05, 0.1) is 0 Å². The number of thiophene rings is 1. The summed E-state index contributed by atoms with van der Waals surface area (Å²) in [7, 11) is 0. The Hall–Kier alpha value is -1.62. The molecule has 0 aliphatic heterocycles. The molecule has 3 rings (SSSR count). The van der Waals surface area contributed by atoms with Gasteiger partial charge in [0.1, 0.15) is 17.4 Å². The monoisotopic (exact) mass is 286 g/mol. The molecule has 3 nitrogen and oxygen atoms in total. The highest BCUT2D eigenvalue weighted by molar-refractivity contribution is 7.12. The van der Waals surface area contributed by atoms with Gasteiger partial charge in [0, 0.05) is 15.1 Å². The predicted octanol–water partition coefficient (Wildman–Crippen LogP) is 3.92. The van der Waals surface area contributed by atoms with Crippen LogP contribution in [0.3, 0.4) is 0 Å². The van der Waals surface area contributed by atoms with Gasteiger partial charge in [0.15, 0.2) is 0 Å². The first-order valence-corrected chi connectivity index (χ1v) is 7.58. The number of nitrogens with two attached hydrogens (primary N) is 1. The Balaban J connectivity index is 2.04. The molecule has 0 aliphatic carbocycles. The number of aryl methyl sites for hydroxylation is 2. The van der Waals surface area contributed by atoms with Gasteiger partial charge in [-0.1, -0.05) is 25.1 Å². The third-order valence-corrected chi connectivity index (χ3v) is 4.82. The van der Waals surface area contributed by atoms with Crippen LogP contribution in [0.5, 0.6) is 0 Å². The number of rotatable bonds is 4. The minimum absolute atomic E-state index is 0.0906. The van der Waals surface area contributed by atoms with Gasteiger partial charge in [-0.15, -0.1) is 11.3 Å². The first-order valence-electron chi connectivity index (χ1n) is 6.76. The van der Waals surface area contributed by atoms with Crippen LogP contribution >= 0.6 is 11.3 Å². The van der Waals surface area contributed by atoms with Crippen molar-refractivity contribution in [2.45, 2.75) is 26.3 Å². The molecule has 1 atom stereocenters. The minimum Gasteiger partial charge on any atom is -0.459 e. The van der Waals surface area contributed by atoms with E-state index in [1.54, 1.807) is 11.3 Å². The summed E-state index contributed by atoms with van der Waals surface area (Å²) in [6.45, 7) is 4.21. The Labute approximate surface area is 122 Å². The highest BCUT2D eigenvalue weighted by Crippen LogP contribution is 2.32. The van der Waals surface area contributed by atoms with E-state index in [0.29, 0.717) is 0 Å². The maximum atomic E-state index is 6.01. The Morgan fingerprint density at radius 3 is 2.80 bits per heavy atom. The summed E-state index contributed by atoms with van der Waals surface area (Å²) in [5.41, 5.74) is 4.95. The molecule has 0 aliphatic rings. The van der Waals surface area contributed by atoms with Crippen LogP contribution < -0.4 is 11.3 Å². The molecule has 104 valence electrons. The molecule has 0 saturated carbocycles. The Bertz CT molecular complexity index is 729. The van der Waals surface area contributed by atoms with Gasteiger partial charge in [-0.3, -0.25) is 5.84 Å². The van der Waals surface area contributed by atoms with Crippen molar-refractivity contribution in [3.05, 3.63) is 57.5 Å². The summed E-state index contributed by atoms with van der Waals surface area (Å²) in [6.07, 6.45) is 1.04. The quantitative estimate of drug-likeness (QED) is 0.564. The van der Waals surface area contributed by atoms with E-state index in [1.807, 2.05) is 6.07 Å². The van der Waals surface area contributed by atoms with Crippen LogP contribution in [-0.2, 0) is 6.42 Å². The number of nitrogens with one attached hydrogen (secondary N) is 1. The van der Waals surface area contributed by atoms with Crippen molar-refractivity contribution in [3.8, 4) is 0 Å². The SMILES string of the molecule is CCc1ccc(C(NN)c2cc3cccc(C)c3o2)s1. The summed E-state index contributed by atoms with van der Waals surface area (Å²) in [4.78, 5) is 2.54. The summed E-state index contributed by atoms with van der Waals surface area (Å²) < 4.78 is 6.01. The summed E-state index contributed by atoms with van der Waals surface area (Å²) in [5.74, 6) is 6.61. The van der Waals surface area contributed by atoms with Crippen molar-refractivity contribution in [1.29, 1.82) is 0 Å². The molecule has 0 amide bonds. The maximum Gasteiger partial charge on any atom is 0.137 e. The minimum atomic E-state index is -0.0906. The molecule has 0 fully saturated rings. The lowest BCUT2D eigenvalue weighted by molar-refractivity contribution is 0.480. The van der Waals surface area contributed by atoms with Gasteiger partial charge >= 0.3 is 0 Å². The lowest BCUT2D eigenvalue weighted by Gasteiger charge is -2.10. The molecule has 20 heavy (non-hydrogen) atoms. The van der Waals surface area contributed by atoms with E-state index in [0.717, 1.165) is 28.7 Å². The van der Waals surface area contributed by atoms with Crippen molar-refractivity contribution < 1.29 is 4.42 Å². The smallest absolute Gasteiger partial charge is 0.137 e. The normalized spacial score (nSPS) is 12.9. The summed E-state index contributed by atoms with van der Waals surface area (Å²) >= 11 is 1.77. The van der Waals surface area contributed by atoms with Crippen molar-refractivity contribution in [2.75, 3.05) is 0 Å². The van der Waals surface area contributed by atoms with Crippen molar-refractivity contribution >= 4 is 22.3 Å². The molecule has 0 radical (unpaired) electrons. The van der Waals surface area contributed by atoms with Crippen molar-refractivity contribution in [1.82, 2.24) is 5.43 Å². The number of fused-ring (bicyclic) bond motifs is 1. The fourth-order valence-electron chi connectivity index (χ4n) is 2.42. The van der Waals surface area contributed by atoms with E-state index < -0.39 is 0 Å². The number of para-hydroxylation sites is 1. The fourth-order valence-corrected chi connectivity index (χ4v) is 3.44. The highest BCUT2D eigenvalue weighted by Gasteiger charge is 2.19. The molecular formula is C16H18N2OS. The van der Waals surface area contributed by atoms with Crippen LogP contribution in [0.1, 0.15) is 34.0 Å². The number of furan rings is 1. The lowest BCUT2D eigenvalue weighted by atomic mass is 10.1. The summed E-state index contributed by atoms with van der Waals surface area (Å²) in [5, 5.41) is 1.12. The van der Waals surface area contributed by atoms with Gasteiger partial charge in [-0.05, 0) is 37.1 Å². The van der Waals surface area contributed by atoms with Gasteiger partial charge in [0.2, 0.25) is 0 Å². The van der Waals surface area contributed by atoms with Crippen LogP contribution in [0.15, 0.2) is 40.8 Å². The van der Waals surface area contributed by atoms with Gasteiger partial charge in [-0.2, -0.15) is 0 Å². The van der Waals surface area contributed by atoms with E-state index in [2.05, 4.69) is 49.6 Å². The standard InChI is InChI=1S/C16H18N2OS/c1-3-12-7-8-14(20-12)15(18-17)13-9-11-6-4-5-10(2)16(11)19-13/h4-9,15,18H,3,17H2,1-2H3. The molecule has 0 spiro atoms. The first-order chi connectivity index (χ1) is 9.72. The zero-order valence-corrected chi connectivity index (χ0v) is 12.5. The van der Waals surface area contributed by atoms with Gasteiger partial charge < -0.3 is 4.42 Å². The Morgan fingerprint density at radius 1 is 1.30 bits per heavy atom. The number of benzene rings is 1. The second-order valence-electron chi connectivity index (χ2n) is 4.90. The second-order valence-corrected chi connectivity index (χ2v) is 6.10. The zero-order chi connectivity index (χ0) is 14.1. The highest BCUT2D eigenvalue weighted by atomic mass is 32.1. The predicted molar refractivity (Wildman–Crippen MR) is 83.8 cm³/mol. The van der Waals surface area contributed by atoms with Crippen molar-refractivity contribution in [2.24, 2.45) is 5.84 Å². The number of hydrazine groups is 1. The average molecular weight is 286 g/mol. The lowest BCUT2D eigenvalue weighted by Crippen LogP contribution is -2.27. The number of hydrogen-bond acceptors (Lipinski definition) is 4.